The van der Waals surface area contributed by atoms with Crippen molar-refractivity contribution in [3.8, 4) is 0 Å². The van der Waals surface area contributed by atoms with Crippen molar-refractivity contribution in [2.75, 3.05) is 13.7 Å². The van der Waals surface area contributed by atoms with Gasteiger partial charge in [-0.15, -0.1) is 5.48 Å². The van der Waals surface area contributed by atoms with Crippen LogP contribution in [0.1, 0.15) is 26.7 Å². The van der Waals surface area contributed by atoms with Crippen LogP contribution in [0.3, 0.4) is 0 Å². The molecule has 0 bridgehead atoms. The third kappa shape index (κ3) is 2.94. The van der Waals surface area contributed by atoms with Crippen molar-refractivity contribution in [3.63, 3.8) is 0 Å². The Balaban J connectivity index is 2.44. The first-order valence-electron chi connectivity index (χ1n) is 4.71. The van der Waals surface area contributed by atoms with Crippen LogP contribution >= 0.6 is 0 Å². The van der Waals surface area contributed by atoms with Gasteiger partial charge >= 0.3 is 5.97 Å². The first kappa shape index (κ1) is 11.4. The van der Waals surface area contributed by atoms with E-state index in [4.69, 9.17) is 14.3 Å². The third-order valence-corrected chi connectivity index (χ3v) is 2.18. The zero-order chi connectivity index (χ0) is 10.6. The molecule has 5 heteroatoms. The Morgan fingerprint density at radius 3 is 2.86 bits per heavy atom. The Hall–Kier alpha value is -0.650. The maximum absolute atomic E-state index is 10.9. The number of carbonyl (C=O) groups is 1. The van der Waals surface area contributed by atoms with E-state index in [2.05, 4.69) is 5.48 Å². The summed E-state index contributed by atoms with van der Waals surface area (Å²) in [5.74, 6) is -0.237. The molecule has 0 amide bonds. The summed E-state index contributed by atoms with van der Waals surface area (Å²) < 4.78 is 10.4. The van der Waals surface area contributed by atoms with Crippen molar-refractivity contribution >= 4 is 5.97 Å². The summed E-state index contributed by atoms with van der Waals surface area (Å²) in [6, 6.07) is 0. The SMILES string of the molecule is CCOC(CC1(C)CC(=O)ON1)OC. The second-order valence-electron chi connectivity index (χ2n) is 3.64. The molecule has 2 atom stereocenters. The fourth-order valence-electron chi connectivity index (χ4n) is 1.45. The molecule has 1 rings (SSSR count). The molecule has 0 aromatic rings. The summed E-state index contributed by atoms with van der Waals surface area (Å²) in [7, 11) is 1.58. The highest BCUT2D eigenvalue weighted by Gasteiger charge is 2.38. The number of nitrogens with one attached hydrogen (secondary N) is 1. The van der Waals surface area contributed by atoms with E-state index in [0.717, 1.165) is 0 Å². The number of hydroxylamine groups is 1. The maximum Gasteiger partial charge on any atom is 0.326 e. The summed E-state index contributed by atoms with van der Waals surface area (Å²) in [5.41, 5.74) is 2.31. The molecule has 0 aromatic carbocycles. The fourth-order valence-corrected chi connectivity index (χ4v) is 1.45. The van der Waals surface area contributed by atoms with Gasteiger partial charge in [-0.2, -0.15) is 0 Å². The van der Waals surface area contributed by atoms with E-state index in [0.29, 0.717) is 19.4 Å². The summed E-state index contributed by atoms with van der Waals surface area (Å²) in [6.45, 7) is 4.39. The van der Waals surface area contributed by atoms with Gasteiger partial charge in [0.1, 0.15) is 0 Å². The van der Waals surface area contributed by atoms with E-state index in [1.807, 2.05) is 13.8 Å². The average Bonchev–Trinajstić information content (AvgIpc) is 2.46. The molecule has 5 nitrogen and oxygen atoms in total. The van der Waals surface area contributed by atoms with E-state index in [1.54, 1.807) is 7.11 Å². The van der Waals surface area contributed by atoms with Crippen LogP contribution in [0.15, 0.2) is 0 Å². The molecule has 0 radical (unpaired) electrons. The zero-order valence-electron chi connectivity index (χ0n) is 8.83. The van der Waals surface area contributed by atoms with Crippen molar-refractivity contribution in [1.29, 1.82) is 0 Å². The Morgan fingerprint density at radius 2 is 2.43 bits per heavy atom. The molecular weight excluding hydrogens is 186 g/mol. The van der Waals surface area contributed by atoms with Crippen LogP contribution in [-0.4, -0.2) is 31.5 Å². The molecule has 14 heavy (non-hydrogen) atoms. The van der Waals surface area contributed by atoms with Crippen LogP contribution in [0.5, 0.6) is 0 Å². The molecule has 1 N–H and O–H groups in total. The lowest BCUT2D eigenvalue weighted by atomic mass is 9.95. The summed E-state index contributed by atoms with van der Waals surface area (Å²) >= 11 is 0. The molecule has 1 aliphatic rings. The highest BCUT2D eigenvalue weighted by atomic mass is 16.7. The number of rotatable bonds is 5. The Bertz CT molecular complexity index is 209. The molecule has 82 valence electrons. The molecular formula is C9H17NO4. The topological polar surface area (TPSA) is 56.8 Å². The molecule has 0 aromatic heterocycles. The van der Waals surface area contributed by atoms with Gasteiger partial charge in [0.25, 0.3) is 0 Å². The molecule has 1 heterocycles. The molecule has 1 fully saturated rings. The minimum Gasteiger partial charge on any atom is -0.370 e. The highest BCUT2D eigenvalue weighted by Crippen LogP contribution is 2.24. The molecule has 1 saturated heterocycles. The standard InChI is InChI=1S/C9H17NO4/c1-4-13-8(12-3)6-9(2)5-7(11)14-10-9/h8,10H,4-6H2,1-3H3. The van der Waals surface area contributed by atoms with Gasteiger partial charge in [0.15, 0.2) is 6.29 Å². The first-order chi connectivity index (χ1) is 6.59. The van der Waals surface area contributed by atoms with Crippen molar-refractivity contribution in [3.05, 3.63) is 0 Å². The second-order valence-corrected chi connectivity index (χ2v) is 3.64. The van der Waals surface area contributed by atoms with E-state index in [9.17, 15) is 4.79 Å². The van der Waals surface area contributed by atoms with E-state index >= 15 is 0 Å². The molecule has 2 unspecified atom stereocenters. The van der Waals surface area contributed by atoms with Crippen LogP contribution < -0.4 is 5.48 Å². The first-order valence-corrected chi connectivity index (χ1v) is 4.71. The summed E-state index contributed by atoms with van der Waals surface area (Å²) in [4.78, 5) is 15.6. The smallest absolute Gasteiger partial charge is 0.326 e. The van der Waals surface area contributed by atoms with Gasteiger partial charge in [-0.1, -0.05) is 0 Å². The van der Waals surface area contributed by atoms with E-state index < -0.39 is 0 Å². The van der Waals surface area contributed by atoms with Gasteiger partial charge in [0.2, 0.25) is 0 Å². The van der Waals surface area contributed by atoms with Gasteiger partial charge in [0, 0.05) is 20.1 Å². The largest absolute Gasteiger partial charge is 0.370 e. The summed E-state index contributed by atoms with van der Waals surface area (Å²) in [5, 5.41) is 0. The van der Waals surface area contributed by atoms with E-state index in [1.165, 1.54) is 0 Å². The molecule has 0 spiro atoms. The zero-order valence-corrected chi connectivity index (χ0v) is 8.83. The third-order valence-electron chi connectivity index (χ3n) is 2.18. The number of hydrogen-bond acceptors (Lipinski definition) is 5. The lowest BCUT2D eigenvalue weighted by Crippen LogP contribution is -2.40. The van der Waals surface area contributed by atoms with Gasteiger partial charge in [-0.25, -0.2) is 0 Å². The number of methoxy groups -OCH3 is 1. The van der Waals surface area contributed by atoms with E-state index in [-0.39, 0.29) is 17.8 Å². The van der Waals surface area contributed by atoms with Crippen LogP contribution in [0.25, 0.3) is 0 Å². The highest BCUT2D eigenvalue weighted by molar-refractivity contribution is 5.72. The van der Waals surface area contributed by atoms with Crippen molar-refractivity contribution in [2.24, 2.45) is 0 Å². The van der Waals surface area contributed by atoms with Crippen LogP contribution in [0.2, 0.25) is 0 Å². The molecule has 1 aliphatic heterocycles. The van der Waals surface area contributed by atoms with Gasteiger partial charge in [-0.05, 0) is 13.8 Å². The van der Waals surface area contributed by atoms with Gasteiger partial charge < -0.3 is 14.3 Å². The Labute approximate surface area is 83.7 Å². The van der Waals surface area contributed by atoms with Crippen molar-refractivity contribution in [1.82, 2.24) is 5.48 Å². The Kier molecular flexibility index (Phi) is 3.86. The summed E-state index contributed by atoms with van der Waals surface area (Å²) in [6.07, 6.45) is 0.634. The van der Waals surface area contributed by atoms with Crippen LogP contribution in [-0.2, 0) is 19.1 Å². The Morgan fingerprint density at radius 1 is 1.71 bits per heavy atom. The van der Waals surface area contributed by atoms with Crippen molar-refractivity contribution in [2.45, 2.75) is 38.5 Å². The monoisotopic (exact) mass is 203 g/mol. The average molecular weight is 203 g/mol. The minimum atomic E-state index is -0.382. The van der Waals surface area contributed by atoms with Crippen LogP contribution in [0, 0.1) is 0 Å². The maximum atomic E-state index is 10.9. The second kappa shape index (κ2) is 4.72. The number of carbonyl (C=O) groups excluding carboxylic acids is 1. The molecule has 0 aliphatic carbocycles. The normalized spacial score (nSPS) is 28.9. The lowest BCUT2D eigenvalue weighted by molar-refractivity contribution is -0.146. The van der Waals surface area contributed by atoms with Gasteiger partial charge in [0.05, 0.1) is 12.0 Å². The predicted octanol–water partition coefficient (Wildman–Crippen LogP) is 0.596. The lowest BCUT2D eigenvalue weighted by Gasteiger charge is -2.25. The van der Waals surface area contributed by atoms with Gasteiger partial charge in [-0.3, -0.25) is 4.79 Å². The number of ether oxygens (including phenoxy) is 2. The van der Waals surface area contributed by atoms with Crippen LogP contribution in [0.4, 0.5) is 0 Å². The minimum absolute atomic E-state index is 0.237. The van der Waals surface area contributed by atoms with Crippen molar-refractivity contribution < 1.29 is 19.1 Å². The molecule has 0 saturated carbocycles. The number of hydrogen-bond donors (Lipinski definition) is 1. The fraction of sp³-hybridized carbons (Fsp3) is 0.889. The quantitative estimate of drug-likeness (QED) is 0.663. The predicted molar refractivity (Wildman–Crippen MR) is 49.3 cm³/mol.